The minimum absolute atomic E-state index is 0.718. The van der Waals surface area contributed by atoms with Gasteiger partial charge in [-0.05, 0) is 24.3 Å². The van der Waals surface area contributed by atoms with Crippen molar-refractivity contribution < 1.29 is 4.73 Å². The van der Waals surface area contributed by atoms with Gasteiger partial charge in [0, 0.05) is 29.9 Å². The van der Waals surface area contributed by atoms with Crippen LogP contribution in [0.2, 0.25) is 0 Å². The van der Waals surface area contributed by atoms with Crippen molar-refractivity contribution in [2.45, 2.75) is 0 Å². The molecule has 0 saturated carbocycles. The van der Waals surface area contributed by atoms with Crippen molar-refractivity contribution in [3.8, 4) is 0 Å². The average Bonchev–Trinajstić information content (AvgIpc) is 2.42. The molecule has 0 fully saturated rings. The van der Waals surface area contributed by atoms with Crippen molar-refractivity contribution in [2.75, 3.05) is 0 Å². The predicted molar refractivity (Wildman–Crippen MR) is 67.1 cm³/mol. The van der Waals surface area contributed by atoms with Crippen LogP contribution in [-0.2, 0) is 0 Å². The maximum Gasteiger partial charge on any atom is 0.223 e. The molecule has 17 heavy (non-hydrogen) atoms. The zero-order valence-electron chi connectivity index (χ0n) is 9.23. The van der Waals surface area contributed by atoms with Crippen molar-refractivity contribution in [3.63, 3.8) is 0 Å². The normalized spacial score (nSPS) is 9.41. The second-order valence-electron chi connectivity index (χ2n) is 3.42. The molecule has 0 saturated heterocycles. The Hall–Kier alpha value is -2.42. The molecule has 0 radical (unpaired) electrons. The van der Waals surface area contributed by atoms with Gasteiger partial charge in [-0.2, -0.15) is 4.73 Å². The van der Waals surface area contributed by atoms with Crippen LogP contribution in [0.3, 0.4) is 0 Å². The van der Waals surface area contributed by atoms with Crippen molar-refractivity contribution in [1.82, 2.24) is 4.98 Å². The molecule has 0 spiro atoms. The van der Waals surface area contributed by atoms with E-state index in [4.69, 9.17) is 0 Å². The molecule has 0 unspecified atom stereocenters. The summed E-state index contributed by atoms with van der Waals surface area (Å²) >= 11 is 0. The van der Waals surface area contributed by atoms with E-state index in [1.807, 2.05) is 48.5 Å². The van der Waals surface area contributed by atoms with E-state index in [0.29, 0.717) is 0 Å². The molecule has 0 atom stereocenters. The maximum absolute atomic E-state index is 11.1. The molecule has 2 heterocycles. The number of rotatable bonds is 0. The fourth-order valence-electron chi connectivity index (χ4n) is 1.45. The molecule has 3 heteroatoms. The summed E-state index contributed by atoms with van der Waals surface area (Å²) < 4.78 is 0.870. The van der Waals surface area contributed by atoms with E-state index in [0.717, 1.165) is 15.6 Å². The van der Waals surface area contributed by atoms with Gasteiger partial charge in [-0.1, -0.05) is 18.2 Å². The van der Waals surface area contributed by atoms with Crippen molar-refractivity contribution in [3.05, 3.63) is 78.4 Å². The monoisotopic (exact) mass is 224 g/mol. The number of hydrogen-bond acceptors (Lipinski definition) is 2. The first-order chi connectivity index (χ1) is 8.38. The molecule has 3 rings (SSSR count). The summed E-state index contributed by atoms with van der Waals surface area (Å²) in [5.41, 5.74) is 0.718. The van der Waals surface area contributed by atoms with Crippen LogP contribution >= 0.6 is 0 Å². The Morgan fingerprint density at radius 1 is 0.824 bits per heavy atom. The fraction of sp³-hybridized carbons (Fsp3) is 0. The van der Waals surface area contributed by atoms with Crippen LogP contribution in [0.15, 0.2) is 73.2 Å². The molecule has 0 bridgehead atoms. The van der Waals surface area contributed by atoms with Gasteiger partial charge in [0.1, 0.15) is 0 Å². The van der Waals surface area contributed by atoms with E-state index in [1.165, 1.54) is 6.20 Å². The SMILES string of the molecule is [O-][n+]1cccc2ccccc21.c1ccncc1. The summed E-state index contributed by atoms with van der Waals surface area (Å²) in [7, 11) is 0. The Labute approximate surface area is 99.6 Å². The average molecular weight is 224 g/mol. The van der Waals surface area contributed by atoms with Crippen LogP contribution in [0.4, 0.5) is 0 Å². The minimum atomic E-state index is 0.718. The van der Waals surface area contributed by atoms with Gasteiger partial charge in [0.2, 0.25) is 5.52 Å². The van der Waals surface area contributed by atoms with Gasteiger partial charge in [0.25, 0.3) is 0 Å². The first-order valence-corrected chi connectivity index (χ1v) is 5.30. The molecule has 3 nitrogen and oxygen atoms in total. The highest BCUT2D eigenvalue weighted by molar-refractivity contribution is 5.74. The second-order valence-corrected chi connectivity index (χ2v) is 3.42. The Kier molecular flexibility index (Phi) is 3.65. The van der Waals surface area contributed by atoms with Crippen LogP contribution in [0.5, 0.6) is 0 Å². The van der Waals surface area contributed by atoms with Gasteiger partial charge < -0.3 is 5.21 Å². The lowest BCUT2D eigenvalue weighted by atomic mass is 10.2. The Morgan fingerprint density at radius 3 is 2.12 bits per heavy atom. The molecule has 2 aromatic heterocycles. The summed E-state index contributed by atoms with van der Waals surface area (Å²) in [5.74, 6) is 0. The number of aromatic nitrogens is 2. The molecule has 84 valence electrons. The molecule has 1 aromatic carbocycles. The van der Waals surface area contributed by atoms with Gasteiger partial charge in [-0.15, -0.1) is 0 Å². The van der Waals surface area contributed by atoms with Crippen LogP contribution in [0.1, 0.15) is 0 Å². The number of fused-ring (bicyclic) bond motifs is 1. The lowest BCUT2D eigenvalue weighted by Gasteiger charge is -1.98. The number of pyridine rings is 2. The molecular weight excluding hydrogens is 212 g/mol. The third-order valence-electron chi connectivity index (χ3n) is 2.24. The smallest absolute Gasteiger partial charge is 0.223 e. The zero-order chi connectivity index (χ0) is 11.9. The van der Waals surface area contributed by atoms with E-state index in [1.54, 1.807) is 18.5 Å². The molecule has 0 aliphatic heterocycles. The van der Waals surface area contributed by atoms with Gasteiger partial charge in [0.05, 0.1) is 0 Å². The van der Waals surface area contributed by atoms with Crippen LogP contribution in [-0.4, -0.2) is 4.98 Å². The summed E-state index contributed by atoms with van der Waals surface area (Å²) in [6.45, 7) is 0. The van der Waals surface area contributed by atoms with E-state index < -0.39 is 0 Å². The number of para-hydroxylation sites is 1. The van der Waals surface area contributed by atoms with Crippen LogP contribution < -0.4 is 4.73 Å². The summed E-state index contributed by atoms with van der Waals surface area (Å²) in [5, 5.41) is 12.1. The molecule has 0 aliphatic carbocycles. The standard InChI is InChI=1S/C9H7NO.C5H5N/c11-10-7-3-5-8-4-1-2-6-9(8)10;1-2-4-6-5-3-1/h1-7H;1-5H. The quantitative estimate of drug-likeness (QED) is 0.435. The largest absolute Gasteiger partial charge is 0.618 e. The van der Waals surface area contributed by atoms with Crippen molar-refractivity contribution >= 4 is 10.9 Å². The van der Waals surface area contributed by atoms with Crippen LogP contribution in [0, 0.1) is 5.21 Å². The minimum Gasteiger partial charge on any atom is -0.618 e. The molecule has 3 aromatic rings. The molecule has 0 amide bonds. The van der Waals surface area contributed by atoms with E-state index in [-0.39, 0.29) is 0 Å². The van der Waals surface area contributed by atoms with Crippen molar-refractivity contribution in [1.29, 1.82) is 0 Å². The zero-order valence-corrected chi connectivity index (χ0v) is 9.23. The van der Waals surface area contributed by atoms with Gasteiger partial charge >= 0.3 is 0 Å². The fourth-order valence-corrected chi connectivity index (χ4v) is 1.45. The molecule has 0 N–H and O–H groups in total. The second kappa shape index (κ2) is 5.61. The van der Waals surface area contributed by atoms with Crippen molar-refractivity contribution in [2.24, 2.45) is 0 Å². The summed E-state index contributed by atoms with van der Waals surface area (Å²) in [6, 6.07) is 16.9. The predicted octanol–water partition coefficient (Wildman–Crippen LogP) is 2.55. The highest BCUT2D eigenvalue weighted by Crippen LogP contribution is 2.06. The first-order valence-electron chi connectivity index (χ1n) is 5.30. The third-order valence-corrected chi connectivity index (χ3v) is 2.24. The Balaban J connectivity index is 0.000000153. The molecule has 0 aliphatic rings. The van der Waals surface area contributed by atoms with Gasteiger partial charge in [-0.25, -0.2) is 0 Å². The van der Waals surface area contributed by atoms with E-state index in [2.05, 4.69) is 4.98 Å². The Bertz CT molecular complexity index is 550. The number of benzene rings is 1. The lowest BCUT2D eigenvalue weighted by Crippen LogP contribution is -2.25. The number of nitrogens with zero attached hydrogens (tertiary/aromatic N) is 2. The molecular formula is C14H12N2O. The van der Waals surface area contributed by atoms with Crippen LogP contribution in [0.25, 0.3) is 10.9 Å². The highest BCUT2D eigenvalue weighted by Gasteiger charge is 1.97. The lowest BCUT2D eigenvalue weighted by molar-refractivity contribution is -0.577. The van der Waals surface area contributed by atoms with Gasteiger partial charge in [-0.3, -0.25) is 4.98 Å². The van der Waals surface area contributed by atoms with E-state index >= 15 is 0 Å². The Morgan fingerprint density at radius 2 is 1.53 bits per heavy atom. The van der Waals surface area contributed by atoms with E-state index in [9.17, 15) is 5.21 Å². The van der Waals surface area contributed by atoms with Gasteiger partial charge in [0.15, 0.2) is 6.20 Å². The number of hydrogen-bond donors (Lipinski definition) is 0. The third kappa shape index (κ3) is 3.01. The topological polar surface area (TPSA) is 39.8 Å². The summed E-state index contributed by atoms with van der Waals surface area (Å²) in [4.78, 5) is 3.78. The highest BCUT2D eigenvalue weighted by atomic mass is 16.5. The maximum atomic E-state index is 11.1. The summed E-state index contributed by atoms with van der Waals surface area (Å²) in [6.07, 6.45) is 5.00. The first kappa shape index (κ1) is 11.1.